The smallest absolute Gasteiger partial charge is 0.248 e. The maximum atomic E-state index is 10.6. The number of hydrogen-bond donors (Lipinski definition) is 1. The molecule has 2 N–H and O–H groups in total. The molecule has 60 valence electrons. The highest BCUT2D eigenvalue weighted by Crippen LogP contribution is 2.16. The lowest BCUT2D eigenvalue weighted by Crippen LogP contribution is -2.10. The number of carbonyl (C=O) groups is 1. The minimum absolute atomic E-state index is 0.244. The maximum Gasteiger partial charge on any atom is 0.248 e. The zero-order valence-electron chi connectivity index (χ0n) is 6.04. The van der Waals surface area contributed by atoms with Gasteiger partial charge in [-0.1, -0.05) is 11.6 Å². The van der Waals surface area contributed by atoms with Gasteiger partial charge >= 0.3 is 0 Å². The predicted octanol–water partition coefficient (Wildman–Crippen LogP) is 1.31. The number of amides is 1. The number of hydrogen-bond acceptors (Lipinski definition) is 2. The van der Waals surface area contributed by atoms with E-state index in [1.54, 1.807) is 0 Å². The molecule has 0 saturated carbocycles. The molecule has 0 aliphatic heterocycles. The highest BCUT2D eigenvalue weighted by Gasteiger charge is 2.03. The fourth-order valence-corrected chi connectivity index (χ4v) is 0.982. The van der Waals surface area contributed by atoms with E-state index in [2.05, 4.69) is 0 Å². The van der Waals surface area contributed by atoms with E-state index < -0.39 is 5.91 Å². The predicted molar refractivity (Wildman–Crippen MR) is 44.7 cm³/mol. The SMILES string of the molecule is N#Cc1ccc(C(N)=O)cc1Cl. The Morgan fingerprint density at radius 2 is 2.25 bits per heavy atom. The summed E-state index contributed by atoms with van der Waals surface area (Å²) in [6, 6.07) is 6.18. The van der Waals surface area contributed by atoms with Crippen LogP contribution in [0.3, 0.4) is 0 Å². The third kappa shape index (κ3) is 1.55. The molecule has 0 spiro atoms. The second-order valence-electron chi connectivity index (χ2n) is 2.17. The summed E-state index contributed by atoms with van der Waals surface area (Å²) in [5.74, 6) is -0.554. The third-order valence-electron chi connectivity index (χ3n) is 1.37. The van der Waals surface area contributed by atoms with Crippen molar-refractivity contribution in [1.29, 1.82) is 5.26 Å². The molecular weight excluding hydrogens is 176 g/mol. The summed E-state index contributed by atoms with van der Waals surface area (Å²) >= 11 is 5.64. The van der Waals surface area contributed by atoms with E-state index in [1.807, 2.05) is 6.07 Å². The van der Waals surface area contributed by atoms with Gasteiger partial charge in [-0.2, -0.15) is 5.26 Å². The Kier molecular flexibility index (Phi) is 2.32. The molecule has 0 unspecified atom stereocenters. The molecule has 4 heteroatoms. The van der Waals surface area contributed by atoms with E-state index in [4.69, 9.17) is 22.6 Å². The lowest BCUT2D eigenvalue weighted by atomic mass is 10.1. The number of nitriles is 1. The average Bonchev–Trinajstić information content (AvgIpc) is 2.04. The second kappa shape index (κ2) is 3.24. The van der Waals surface area contributed by atoms with E-state index in [9.17, 15) is 4.79 Å². The van der Waals surface area contributed by atoms with Crippen LogP contribution in [0.2, 0.25) is 5.02 Å². The molecule has 0 fully saturated rings. The van der Waals surface area contributed by atoms with Crippen LogP contribution in [0.1, 0.15) is 15.9 Å². The summed E-state index contributed by atoms with van der Waals surface area (Å²) in [5, 5.41) is 8.74. The van der Waals surface area contributed by atoms with Crippen molar-refractivity contribution in [2.45, 2.75) is 0 Å². The van der Waals surface area contributed by atoms with Crippen molar-refractivity contribution in [2.24, 2.45) is 5.73 Å². The Labute approximate surface area is 74.4 Å². The quantitative estimate of drug-likeness (QED) is 0.708. The maximum absolute atomic E-state index is 10.6. The first-order valence-electron chi connectivity index (χ1n) is 3.14. The molecule has 3 nitrogen and oxygen atoms in total. The fourth-order valence-electron chi connectivity index (χ4n) is 0.759. The summed E-state index contributed by atoms with van der Waals surface area (Å²) in [4.78, 5) is 10.6. The van der Waals surface area contributed by atoms with Gasteiger partial charge in [-0.25, -0.2) is 0 Å². The van der Waals surface area contributed by atoms with Crippen molar-refractivity contribution in [3.8, 4) is 6.07 Å². The summed E-state index contributed by atoms with van der Waals surface area (Å²) in [7, 11) is 0. The summed E-state index contributed by atoms with van der Waals surface area (Å²) < 4.78 is 0. The van der Waals surface area contributed by atoms with Crippen molar-refractivity contribution < 1.29 is 4.79 Å². The Balaban J connectivity index is 3.21. The van der Waals surface area contributed by atoms with Crippen molar-refractivity contribution in [3.63, 3.8) is 0 Å². The first kappa shape index (κ1) is 8.57. The number of halogens is 1. The second-order valence-corrected chi connectivity index (χ2v) is 2.58. The lowest BCUT2D eigenvalue weighted by molar-refractivity contribution is 0.100. The number of carbonyl (C=O) groups excluding carboxylic acids is 1. The first-order chi connectivity index (χ1) is 5.65. The molecule has 0 heterocycles. The first-order valence-corrected chi connectivity index (χ1v) is 3.52. The number of rotatable bonds is 1. The third-order valence-corrected chi connectivity index (χ3v) is 1.69. The van der Waals surface area contributed by atoms with Gasteiger partial charge in [0.15, 0.2) is 0 Å². The van der Waals surface area contributed by atoms with Gasteiger partial charge < -0.3 is 5.73 Å². The van der Waals surface area contributed by atoms with Crippen LogP contribution in [0, 0.1) is 11.3 Å². The van der Waals surface area contributed by atoms with Crippen LogP contribution < -0.4 is 5.73 Å². The molecule has 1 aromatic carbocycles. The summed E-state index contributed by atoms with van der Waals surface area (Å²) in [5.41, 5.74) is 5.63. The Morgan fingerprint density at radius 3 is 2.67 bits per heavy atom. The molecule has 1 aromatic rings. The molecule has 0 saturated heterocycles. The van der Waals surface area contributed by atoms with Crippen LogP contribution in [0.4, 0.5) is 0 Å². The van der Waals surface area contributed by atoms with Crippen molar-refractivity contribution in [1.82, 2.24) is 0 Å². The molecule has 0 bridgehead atoms. The van der Waals surface area contributed by atoms with Gasteiger partial charge in [0.1, 0.15) is 6.07 Å². The van der Waals surface area contributed by atoms with E-state index in [0.29, 0.717) is 11.1 Å². The lowest BCUT2D eigenvalue weighted by Gasteiger charge is -1.96. The van der Waals surface area contributed by atoms with E-state index in [1.165, 1.54) is 18.2 Å². The number of nitrogens with zero attached hydrogens (tertiary/aromatic N) is 1. The Bertz CT molecular complexity index is 368. The monoisotopic (exact) mass is 180 g/mol. The molecule has 0 radical (unpaired) electrons. The normalized spacial score (nSPS) is 9.00. The van der Waals surface area contributed by atoms with Crippen LogP contribution in [-0.4, -0.2) is 5.91 Å². The van der Waals surface area contributed by atoms with Crippen molar-refractivity contribution in [2.75, 3.05) is 0 Å². The van der Waals surface area contributed by atoms with Crippen LogP contribution >= 0.6 is 11.6 Å². The molecule has 1 amide bonds. The van der Waals surface area contributed by atoms with Gasteiger partial charge in [-0.3, -0.25) is 4.79 Å². The van der Waals surface area contributed by atoms with E-state index in [-0.39, 0.29) is 5.02 Å². The van der Waals surface area contributed by atoms with E-state index >= 15 is 0 Å². The minimum atomic E-state index is -0.554. The van der Waals surface area contributed by atoms with Crippen LogP contribution in [0.5, 0.6) is 0 Å². The standard InChI is InChI=1S/C8H5ClN2O/c9-7-3-5(8(11)12)1-2-6(7)4-10/h1-3H,(H2,11,12). The van der Waals surface area contributed by atoms with E-state index in [0.717, 1.165) is 0 Å². The number of benzene rings is 1. The molecule has 12 heavy (non-hydrogen) atoms. The van der Waals surface area contributed by atoms with Crippen molar-refractivity contribution in [3.05, 3.63) is 34.3 Å². The largest absolute Gasteiger partial charge is 0.366 e. The van der Waals surface area contributed by atoms with Gasteiger partial charge in [0.25, 0.3) is 0 Å². The summed E-state index contributed by atoms with van der Waals surface area (Å²) in [6.07, 6.45) is 0. The van der Waals surface area contributed by atoms with Crippen LogP contribution in [0.25, 0.3) is 0 Å². The molecule has 0 aliphatic rings. The van der Waals surface area contributed by atoms with Gasteiger partial charge in [0.05, 0.1) is 10.6 Å². The molecular formula is C8H5ClN2O. The highest BCUT2D eigenvalue weighted by molar-refractivity contribution is 6.32. The minimum Gasteiger partial charge on any atom is -0.366 e. The average molecular weight is 181 g/mol. The van der Waals surface area contributed by atoms with Crippen molar-refractivity contribution >= 4 is 17.5 Å². The molecule has 0 aliphatic carbocycles. The highest BCUT2D eigenvalue weighted by atomic mass is 35.5. The van der Waals surface area contributed by atoms with Gasteiger partial charge in [0.2, 0.25) is 5.91 Å². The summed E-state index contributed by atoms with van der Waals surface area (Å²) in [6.45, 7) is 0. The zero-order valence-corrected chi connectivity index (χ0v) is 6.80. The number of nitrogens with two attached hydrogens (primary N) is 1. The van der Waals surface area contributed by atoms with Crippen LogP contribution in [-0.2, 0) is 0 Å². The Hall–Kier alpha value is -1.53. The topological polar surface area (TPSA) is 66.9 Å². The van der Waals surface area contributed by atoms with Gasteiger partial charge in [-0.15, -0.1) is 0 Å². The molecule has 0 aromatic heterocycles. The number of primary amides is 1. The van der Waals surface area contributed by atoms with Crippen LogP contribution in [0.15, 0.2) is 18.2 Å². The van der Waals surface area contributed by atoms with Gasteiger partial charge in [-0.05, 0) is 18.2 Å². The van der Waals surface area contributed by atoms with Gasteiger partial charge in [0, 0.05) is 5.56 Å². The molecule has 0 atom stereocenters. The Morgan fingerprint density at radius 1 is 1.58 bits per heavy atom. The molecule has 1 rings (SSSR count). The fraction of sp³-hybridized carbons (Fsp3) is 0. The zero-order chi connectivity index (χ0) is 9.14.